The molecule has 0 fully saturated rings. The van der Waals surface area contributed by atoms with Gasteiger partial charge in [-0.2, -0.15) is 0 Å². The van der Waals surface area contributed by atoms with Gasteiger partial charge in [0, 0.05) is 6.08 Å². The highest BCUT2D eigenvalue weighted by atomic mass is 28.4. The van der Waals surface area contributed by atoms with Crippen LogP contribution in [0.1, 0.15) is 5.76 Å². The Kier molecular flexibility index (Phi) is 3.30. The van der Waals surface area contributed by atoms with Crippen molar-refractivity contribution in [3.8, 4) is 0 Å². The van der Waals surface area contributed by atoms with Crippen molar-refractivity contribution in [1.82, 2.24) is 0 Å². The molecule has 0 aliphatic rings. The van der Waals surface area contributed by atoms with Gasteiger partial charge in [-0.3, -0.25) is 0 Å². The highest BCUT2D eigenvalue weighted by Gasteiger charge is 2.18. The fourth-order valence-electron chi connectivity index (χ4n) is 0.872. The molecule has 0 atom stereocenters. The van der Waals surface area contributed by atoms with Gasteiger partial charge in [-0.15, -0.1) is 0 Å². The molecule has 0 spiro atoms. The van der Waals surface area contributed by atoms with Crippen molar-refractivity contribution < 1.29 is 13.6 Å². The standard InChI is InChI=1S/C10H14O3Si/c1-14(2,3)13-10(11)7-6-9-5-4-8-12-9/h4-8H,1-3H3/b7-6+. The van der Waals surface area contributed by atoms with Crippen LogP contribution in [-0.4, -0.2) is 14.3 Å². The summed E-state index contributed by atoms with van der Waals surface area (Å²) >= 11 is 0. The van der Waals surface area contributed by atoms with Gasteiger partial charge in [0.1, 0.15) is 5.76 Å². The number of rotatable bonds is 3. The van der Waals surface area contributed by atoms with Crippen molar-refractivity contribution in [2.45, 2.75) is 19.6 Å². The summed E-state index contributed by atoms with van der Waals surface area (Å²) in [5, 5.41) is 0. The van der Waals surface area contributed by atoms with Gasteiger partial charge in [0.05, 0.1) is 6.26 Å². The van der Waals surface area contributed by atoms with Gasteiger partial charge in [0.15, 0.2) is 0 Å². The molecule has 4 heteroatoms. The summed E-state index contributed by atoms with van der Waals surface area (Å²) in [5.74, 6) is 0.345. The maximum absolute atomic E-state index is 11.2. The number of hydrogen-bond acceptors (Lipinski definition) is 3. The number of carbonyl (C=O) groups excluding carboxylic acids is 1. The third-order valence-corrected chi connectivity index (χ3v) is 2.15. The zero-order chi connectivity index (χ0) is 10.6. The van der Waals surface area contributed by atoms with Crippen molar-refractivity contribution in [2.24, 2.45) is 0 Å². The van der Waals surface area contributed by atoms with Crippen LogP contribution in [0.25, 0.3) is 6.08 Å². The summed E-state index contributed by atoms with van der Waals surface area (Å²) in [6.07, 6.45) is 4.54. The number of furan rings is 1. The summed E-state index contributed by atoms with van der Waals surface area (Å²) in [5.41, 5.74) is 0. The lowest BCUT2D eigenvalue weighted by Gasteiger charge is -2.15. The van der Waals surface area contributed by atoms with Crippen molar-refractivity contribution in [3.05, 3.63) is 30.2 Å². The second kappa shape index (κ2) is 4.28. The van der Waals surface area contributed by atoms with E-state index < -0.39 is 8.32 Å². The van der Waals surface area contributed by atoms with Crippen molar-refractivity contribution in [1.29, 1.82) is 0 Å². The maximum atomic E-state index is 11.2. The summed E-state index contributed by atoms with van der Waals surface area (Å²) < 4.78 is 10.2. The highest BCUT2D eigenvalue weighted by molar-refractivity contribution is 6.71. The Morgan fingerprint density at radius 3 is 2.71 bits per heavy atom. The highest BCUT2D eigenvalue weighted by Crippen LogP contribution is 2.06. The lowest BCUT2D eigenvalue weighted by atomic mass is 10.4. The molecule has 0 saturated carbocycles. The first kappa shape index (κ1) is 10.8. The molecule has 0 radical (unpaired) electrons. The predicted molar refractivity (Wildman–Crippen MR) is 57.2 cm³/mol. The number of hydrogen-bond donors (Lipinski definition) is 0. The van der Waals surface area contributed by atoms with Crippen LogP contribution in [0.5, 0.6) is 0 Å². The van der Waals surface area contributed by atoms with Gasteiger partial charge in [0.25, 0.3) is 0 Å². The van der Waals surface area contributed by atoms with Crippen LogP contribution in [0, 0.1) is 0 Å². The molecule has 0 amide bonds. The Bertz CT molecular complexity index is 320. The average molecular weight is 210 g/mol. The van der Waals surface area contributed by atoms with E-state index >= 15 is 0 Å². The van der Waals surface area contributed by atoms with Crippen LogP contribution in [0.4, 0.5) is 0 Å². The lowest BCUT2D eigenvalue weighted by molar-refractivity contribution is -0.129. The fraction of sp³-hybridized carbons (Fsp3) is 0.300. The monoisotopic (exact) mass is 210 g/mol. The van der Waals surface area contributed by atoms with Crippen molar-refractivity contribution in [2.75, 3.05) is 0 Å². The molecule has 0 aromatic carbocycles. The maximum Gasteiger partial charge on any atom is 0.317 e. The molecule has 3 nitrogen and oxygen atoms in total. The minimum absolute atomic E-state index is 0.305. The molecule has 14 heavy (non-hydrogen) atoms. The van der Waals surface area contributed by atoms with E-state index in [2.05, 4.69) is 0 Å². The van der Waals surface area contributed by atoms with Gasteiger partial charge in [-0.05, 0) is 37.8 Å². The molecular formula is C10H14O3Si. The van der Waals surface area contributed by atoms with Crippen LogP contribution in [0.2, 0.25) is 19.6 Å². The smallest absolute Gasteiger partial charge is 0.317 e. The Labute approximate surface area is 84.5 Å². The third-order valence-electron chi connectivity index (χ3n) is 1.33. The van der Waals surface area contributed by atoms with Gasteiger partial charge >= 0.3 is 5.97 Å². The molecule has 0 saturated heterocycles. The molecule has 0 unspecified atom stereocenters. The Morgan fingerprint density at radius 1 is 1.50 bits per heavy atom. The molecule has 1 rings (SSSR count). The second-order valence-corrected chi connectivity index (χ2v) is 8.31. The zero-order valence-corrected chi connectivity index (χ0v) is 9.61. The van der Waals surface area contributed by atoms with E-state index in [1.807, 2.05) is 19.6 Å². The Hall–Kier alpha value is -1.29. The molecule has 1 aromatic rings. The summed E-state index contributed by atoms with van der Waals surface area (Å²) in [6, 6.07) is 3.54. The molecule has 1 heterocycles. The van der Waals surface area contributed by atoms with Crippen molar-refractivity contribution in [3.63, 3.8) is 0 Å². The molecule has 76 valence electrons. The SMILES string of the molecule is C[Si](C)(C)OC(=O)/C=C/c1ccco1. The summed E-state index contributed by atoms with van der Waals surface area (Å²) in [6.45, 7) is 5.89. The van der Waals surface area contributed by atoms with Crippen LogP contribution in [0.15, 0.2) is 28.9 Å². The quantitative estimate of drug-likeness (QED) is 0.568. The van der Waals surface area contributed by atoms with E-state index in [9.17, 15) is 4.79 Å². The molecule has 0 aliphatic heterocycles. The van der Waals surface area contributed by atoms with E-state index in [1.54, 1.807) is 24.5 Å². The second-order valence-electron chi connectivity index (χ2n) is 3.88. The third kappa shape index (κ3) is 4.09. The molecule has 1 aromatic heterocycles. The molecule has 0 aliphatic carbocycles. The van der Waals surface area contributed by atoms with Crippen LogP contribution in [0.3, 0.4) is 0 Å². The summed E-state index contributed by atoms with van der Waals surface area (Å²) in [7, 11) is -1.77. The normalized spacial score (nSPS) is 11.9. The van der Waals surface area contributed by atoms with Gasteiger partial charge < -0.3 is 8.84 Å². The minimum Gasteiger partial charge on any atom is -0.517 e. The fourth-order valence-corrected chi connectivity index (χ4v) is 1.54. The zero-order valence-electron chi connectivity index (χ0n) is 8.61. The molecular weight excluding hydrogens is 196 g/mol. The lowest BCUT2D eigenvalue weighted by Crippen LogP contribution is -2.28. The molecule has 0 N–H and O–H groups in total. The first-order chi connectivity index (χ1) is 6.47. The van der Waals surface area contributed by atoms with E-state index in [1.165, 1.54) is 6.08 Å². The van der Waals surface area contributed by atoms with Crippen LogP contribution < -0.4 is 0 Å². The van der Waals surface area contributed by atoms with E-state index in [0.29, 0.717) is 5.76 Å². The number of carbonyl (C=O) groups is 1. The van der Waals surface area contributed by atoms with Crippen molar-refractivity contribution >= 4 is 20.4 Å². The van der Waals surface area contributed by atoms with E-state index in [0.717, 1.165) is 0 Å². The van der Waals surface area contributed by atoms with Gasteiger partial charge in [0.2, 0.25) is 8.32 Å². The Balaban J connectivity index is 2.49. The minimum atomic E-state index is -1.77. The first-order valence-electron chi connectivity index (χ1n) is 4.42. The largest absolute Gasteiger partial charge is 0.517 e. The Morgan fingerprint density at radius 2 is 2.21 bits per heavy atom. The van der Waals surface area contributed by atoms with Crippen LogP contribution >= 0.6 is 0 Å². The van der Waals surface area contributed by atoms with Gasteiger partial charge in [-0.25, -0.2) is 4.79 Å². The predicted octanol–water partition coefficient (Wildman–Crippen LogP) is 2.67. The molecule has 0 bridgehead atoms. The topological polar surface area (TPSA) is 39.4 Å². The average Bonchev–Trinajstić information content (AvgIpc) is 2.49. The first-order valence-corrected chi connectivity index (χ1v) is 7.83. The van der Waals surface area contributed by atoms with E-state index in [-0.39, 0.29) is 5.97 Å². The van der Waals surface area contributed by atoms with E-state index in [4.69, 9.17) is 8.84 Å². The summed E-state index contributed by atoms with van der Waals surface area (Å²) in [4.78, 5) is 11.2. The van der Waals surface area contributed by atoms with Crippen LogP contribution in [-0.2, 0) is 9.22 Å². The van der Waals surface area contributed by atoms with Gasteiger partial charge in [-0.1, -0.05) is 0 Å².